The molecule has 2 aromatic heterocycles. The molecule has 0 saturated heterocycles. The normalized spacial score (nSPS) is 13.7. The number of fused-ring (bicyclic) bond motifs is 3. The van der Waals surface area contributed by atoms with Crippen LogP contribution < -0.4 is 5.32 Å². The highest BCUT2D eigenvalue weighted by Gasteiger charge is 2.18. The molecule has 4 N–H and O–H groups in total. The van der Waals surface area contributed by atoms with Crippen molar-refractivity contribution in [2.24, 2.45) is 0 Å². The number of thiazole rings is 1. The van der Waals surface area contributed by atoms with Gasteiger partial charge in [-0.2, -0.15) is 0 Å². The van der Waals surface area contributed by atoms with E-state index in [4.69, 9.17) is 9.97 Å². The third kappa shape index (κ3) is 19.2. The summed E-state index contributed by atoms with van der Waals surface area (Å²) >= 11 is 1.70. The van der Waals surface area contributed by atoms with Crippen molar-refractivity contribution in [3.8, 4) is 0 Å². The summed E-state index contributed by atoms with van der Waals surface area (Å²) in [4.78, 5) is 27.4. The molecule has 2 heterocycles. The van der Waals surface area contributed by atoms with Crippen molar-refractivity contribution in [3.63, 3.8) is 0 Å². The molecule has 0 saturated carbocycles. The van der Waals surface area contributed by atoms with Crippen LogP contribution in [0.15, 0.2) is 24.3 Å². The first-order valence-corrected chi connectivity index (χ1v) is 23.0. The van der Waals surface area contributed by atoms with E-state index < -0.39 is 6.10 Å². The Morgan fingerprint density at radius 1 is 0.691 bits per heavy atom. The standard InChI is InChI=1S/C45H77N5O4S/c1-5-8-10-12-14-17-25-37(52)34-49(31-23-32-50(33-36(4)51)35-38(53)26-18-15-13-11-9-6-2)30-22-16-19-29-41(54)47-45-43-44(55-42(48-43)24-7-3)39-27-20-21-28-40(39)46-45/h20-21,27-28,36-38,51-53H,5-19,22-26,29-35H2,1-4H3,(H,46,47,54). The topological polar surface area (TPSA) is 122 Å². The zero-order chi connectivity index (χ0) is 39.7. The third-order valence-corrected chi connectivity index (χ3v) is 11.7. The monoisotopic (exact) mass is 784 g/mol. The first-order valence-electron chi connectivity index (χ1n) is 22.2. The number of aliphatic hydroxyl groups is 3. The van der Waals surface area contributed by atoms with Crippen molar-refractivity contribution in [3.05, 3.63) is 29.3 Å². The number of pyridine rings is 1. The van der Waals surface area contributed by atoms with E-state index >= 15 is 0 Å². The number of nitrogens with zero attached hydrogens (tertiary/aromatic N) is 4. The number of amides is 1. The highest BCUT2D eigenvalue weighted by molar-refractivity contribution is 7.19. The van der Waals surface area contributed by atoms with Gasteiger partial charge in [-0.3, -0.25) is 9.69 Å². The van der Waals surface area contributed by atoms with Crippen LogP contribution in [-0.2, 0) is 11.2 Å². The second kappa shape index (κ2) is 28.2. The number of aliphatic hydroxyl groups excluding tert-OH is 3. The van der Waals surface area contributed by atoms with E-state index in [9.17, 15) is 20.1 Å². The lowest BCUT2D eigenvalue weighted by molar-refractivity contribution is -0.116. The summed E-state index contributed by atoms with van der Waals surface area (Å²) in [7, 11) is 0. The largest absolute Gasteiger partial charge is 0.392 e. The number of para-hydroxylation sites is 1. The summed E-state index contributed by atoms with van der Waals surface area (Å²) in [6.45, 7) is 12.8. The zero-order valence-electron chi connectivity index (χ0n) is 35.1. The van der Waals surface area contributed by atoms with E-state index in [0.717, 1.165) is 110 Å². The van der Waals surface area contributed by atoms with Crippen LogP contribution >= 0.6 is 11.3 Å². The van der Waals surface area contributed by atoms with E-state index in [1.807, 2.05) is 25.1 Å². The Balaban J connectivity index is 1.50. The molecule has 0 aliphatic carbocycles. The van der Waals surface area contributed by atoms with Gasteiger partial charge in [0.2, 0.25) is 5.91 Å². The molecule has 3 atom stereocenters. The number of aromatic nitrogens is 2. The van der Waals surface area contributed by atoms with Gasteiger partial charge in [-0.05, 0) is 77.6 Å². The number of aryl methyl sites for hydroxylation is 1. The van der Waals surface area contributed by atoms with Gasteiger partial charge in [0.15, 0.2) is 5.82 Å². The van der Waals surface area contributed by atoms with Crippen molar-refractivity contribution in [1.29, 1.82) is 0 Å². The molecule has 3 rings (SSSR count). The molecular formula is C45H77N5O4S. The molecular weight excluding hydrogens is 707 g/mol. The second-order valence-electron chi connectivity index (χ2n) is 16.1. The number of nitrogens with one attached hydrogen (secondary N) is 1. The van der Waals surface area contributed by atoms with Crippen LogP contribution in [0.1, 0.15) is 161 Å². The fourth-order valence-corrected chi connectivity index (χ4v) is 8.79. The Hall–Kier alpha value is -2.21. The summed E-state index contributed by atoms with van der Waals surface area (Å²) in [6.07, 6.45) is 21.0. The van der Waals surface area contributed by atoms with Crippen LogP contribution in [0, 0.1) is 0 Å². The van der Waals surface area contributed by atoms with Gasteiger partial charge in [-0.25, -0.2) is 9.97 Å². The average molecular weight is 784 g/mol. The van der Waals surface area contributed by atoms with Crippen molar-refractivity contribution in [2.75, 3.05) is 44.6 Å². The van der Waals surface area contributed by atoms with E-state index in [1.54, 1.807) is 11.3 Å². The van der Waals surface area contributed by atoms with E-state index in [1.165, 1.54) is 64.2 Å². The first kappa shape index (κ1) is 47.2. The quantitative estimate of drug-likeness (QED) is 0.0451. The van der Waals surface area contributed by atoms with Gasteiger partial charge in [0.05, 0.1) is 33.5 Å². The molecule has 0 aliphatic heterocycles. The minimum absolute atomic E-state index is 0.0304. The second-order valence-corrected chi connectivity index (χ2v) is 17.1. The number of carbonyl (C=O) groups is 1. The molecule has 10 heteroatoms. The molecule has 0 spiro atoms. The molecule has 0 fully saturated rings. The smallest absolute Gasteiger partial charge is 0.225 e. The van der Waals surface area contributed by atoms with Gasteiger partial charge < -0.3 is 25.5 Å². The van der Waals surface area contributed by atoms with Gasteiger partial charge in [-0.15, -0.1) is 11.3 Å². The average Bonchev–Trinajstić information content (AvgIpc) is 3.58. The molecule has 0 aliphatic rings. The van der Waals surface area contributed by atoms with Crippen LogP contribution in [-0.4, -0.2) is 98.6 Å². The van der Waals surface area contributed by atoms with E-state index in [-0.39, 0.29) is 18.1 Å². The van der Waals surface area contributed by atoms with E-state index in [2.05, 4.69) is 42.0 Å². The van der Waals surface area contributed by atoms with Crippen molar-refractivity contribution >= 4 is 44.2 Å². The lowest BCUT2D eigenvalue weighted by Crippen LogP contribution is -2.40. The predicted molar refractivity (Wildman–Crippen MR) is 233 cm³/mol. The van der Waals surface area contributed by atoms with Crippen LogP contribution in [0.5, 0.6) is 0 Å². The van der Waals surface area contributed by atoms with Crippen LogP contribution in [0.25, 0.3) is 21.1 Å². The molecule has 0 bridgehead atoms. The molecule has 9 nitrogen and oxygen atoms in total. The molecule has 3 aromatic rings. The fraction of sp³-hybridized carbons (Fsp3) is 0.756. The van der Waals surface area contributed by atoms with Gasteiger partial charge in [-0.1, -0.05) is 122 Å². The Labute approximate surface area is 337 Å². The van der Waals surface area contributed by atoms with E-state index in [0.29, 0.717) is 31.9 Å². The Bertz CT molecular complexity index is 1450. The van der Waals surface area contributed by atoms with Gasteiger partial charge >= 0.3 is 0 Å². The van der Waals surface area contributed by atoms with Gasteiger partial charge in [0.1, 0.15) is 5.52 Å². The minimum Gasteiger partial charge on any atom is -0.392 e. The maximum Gasteiger partial charge on any atom is 0.225 e. The first-order chi connectivity index (χ1) is 26.7. The van der Waals surface area contributed by atoms with Crippen LogP contribution in [0.2, 0.25) is 0 Å². The van der Waals surface area contributed by atoms with Crippen molar-refractivity contribution < 1.29 is 20.1 Å². The maximum atomic E-state index is 13.2. The maximum absolute atomic E-state index is 13.2. The third-order valence-electron chi connectivity index (χ3n) is 10.6. The number of carbonyl (C=O) groups excluding carboxylic acids is 1. The summed E-state index contributed by atoms with van der Waals surface area (Å²) in [6, 6.07) is 8.07. The zero-order valence-corrected chi connectivity index (χ0v) is 35.9. The Kier molecular flexibility index (Phi) is 24.2. The molecule has 3 unspecified atom stereocenters. The molecule has 0 radical (unpaired) electrons. The lowest BCUT2D eigenvalue weighted by Gasteiger charge is -2.29. The predicted octanol–water partition coefficient (Wildman–Crippen LogP) is 9.89. The number of hydrogen-bond donors (Lipinski definition) is 4. The van der Waals surface area contributed by atoms with Gasteiger partial charge in [0, 0.05) is 31.4 Å². The Morgan fingerprint density at radius 2 is 1.27 bits per heavy atom. The number of rotatable bonds is 33. The lowest BCUT2D eigenvalue weighted by atomic mass is 10.1. The summed E-state index contributed by atoms with van der Waals surface area (Å²) in [5.41, 5.74) is 1.66. The number of anilines is 1. The number of hydrogen-bond acceptors (Lipinski definition) is 9. The molecule has 1 aromatic carbocycles. The summed E-state index contributed by atoms with van der Waals surface area (Å²) < 4.78 is 1.08. The van der Waals surface area contributed by atoms with Crippen LogP contribution in [0.3, 0.4) is 0 Å². The minimum atomic E-state index is -0.447. The SMILES string of the molecule is CCCCCCCCC(O)CN(CCCCCC(=O)Nc1nc2ccccc2c2sc(CCC)nc12)CCCN(CC(C)O)CC(O)CCCCCCCC. The number of benzene rings is 1. The summed E-state index contributed by atoms with van der Waals surface area (Å²) in [5, 5.41) is 37.3. The molecule has 55 heavy (non-hydrogen) atoms. The molecule has 1 amide bonds. The van der Waals surface area contributed by atoms with Crippen LogP contribution in [0.4, 0.5) is 5.82 Å². The van der Waals surface area contributed by atoms with Crippen molar-refractivity contribution in [2.45, 2.75) is 181 Å². The fourth-order valence-electron chi connectivity index (χ4n) is 7.59. The Morgan fingerprint density at radius 3 is 1.93 bits per heavy atom. The number of unbranched alkanes of at least 4 members (excludes halogenated alkanes) is 12. The summed E-state index contributed by atoms with van der Waals surface area (Å²) in [5.74, 6) is 0.527. The van der Waals surface area contributed by atoms with Gasteiger partial charge in [0.25, 0.3) is 0 Å². The highest BCUT2D eigenvalue weighted by Crippen LogP contribution is 2.34. The highest BCUT2D eigenvalue weighted by atomic mass is 32.1. The molecule has 312 valence electrons. The van der Waals surface area contributed by atoms with Crippen molar-refractivity contribution in [1.82, 2.24) is 19.8 Å².